The quantitative estimate of drug-likeness (QED) is 0.843. The molecule has 0 atom stereocenters. The molecule has 0 unspecified atom stereocenters. The second-order valence-electron chi connectivity index (χ2n) is 6.29. The Labute approximate surface area is 150 Å². The Morgan fingerprint density at radius 1 is 1.25 bits per heavy atom. The topological polar surface area (TPSA) is 73.8 Å². The van der Waals surface area contributed by atoms with Gasteiger partial charge in [0.05, 0.1) is 12.8 Å². The molecule has 1 aromatic rings. The van der Waals surface area contributed by atoms with E-state index in [1.807, 2.05) is 0 Å². The van der Waals surface area contributed by atoms with Crippen LogP contribution in [0, 0.1) is 5.92 Å². The van der Waals surface area contributed by atoms with Crippen molar-refractivity contribution in [3.05, 3.63) is 29.8 Å². The van der Waals surface area contributed by atoms with Crippen LogP contribution in [-0.4, -0.2) is 51.1 Å². The normalized spacial score (nSPS) is 19.3. The summed E-state index contributed by atoms with van der Waals surface area (Å²) in [6.07, 6.45) is 4.18. The van der Waals surface area contributed by atoms with Gasteiger partial charge in [0.1, 0.15) is 0 Å². The van der Waals surface area contributed by atoms with Crippen LogP contribution in [0.4, 0.5) is 5.69 Å². The highest BCUT2D eigenvalue weighted by molar-refractivity contribution is 7.88. The summed E-state index contributed by atoms with van der Waals surface area (Å²) in [6.45, 7) is 3.02. The molecule has 24 heavy (non-hydrogen) atoms. The van der Waals surface area contributed by atoms with Gasteiger partial charge in [0.25, 0.3) is 0 Å². The Morgan fingerprint density at radius 2 is 1.92 bits per heavy atom. The molecular weight excluding hydrogens is 348 g/mol. The number of hydrogen-bond acceptors (Lipinski definition) is 5. The first-order valence-corrected chi connectivity index (χ1v) is 9.95. The summed E-state index contributed by atoms with van der Waals surface area (Å²) in [6, 6.07) is 8.43. The number of anilines is 1. The Balaban J connectivity index is 0.00000208. The van der Waals surface area contributed by atoms with Gasteiger partial charge in [-0.15, -0.1) is 12.4 Å². The third kappa shape index (κ3) is 5.09. The molecule has 2 N–H and O–H groups in total. The van der Waals surface area contributed by atoms with Crippen LogP contribution in [0.2, 0.25) is 0 Å². The SMILES string of the molecule is CS(=O)(=O)N1CCC(Cc2ccc(NC3=NCCN3)cc2)CC1.Cl. The molecule has 0 radical (unpaired) electrons. The van der Waals surface area contributed by atoms with E-state index in [2.05, 4.69) is 39.9 Å². The number of nitrogens with one attached hydrogen (secondary N) is 2. The Hall–Kier alpha value is -1.31. The van der Waals surface area contributed by atoms with Crippen LogP contribution in [0.15, 0.2) is 29.3 Å². The van der Waals surface area contributed by atoms with Gasteiger partial charge in [-0.2, -0.15) is 0 Å². The van der Waals surface area contributed by atoms with Gasteiger partial charge in [0.2, 0.25) is 10.0 Å². The molecule has 1 fully saturated rings. The van der Waals surface area contributed by atoms with E-state index in [0.717, 1.165) is 44.0 Å². The van der Waals surface area contributed by atoms with Gasteiger partial charge in [-0.3, -0.25) is 4.99 Å². The minimum atomic E-state index is -3.03. The van der Waals surface area contributed by atoms with Crippen LogP contribution in [0.1, 0.15) is 18.4 Å². The van der Waals surface area contributed by atoms with Crippen molar-refractivity contribution in [3.63, 3.8) is 0 Å². The number of rotatable bonds is 4. The van der Waals surface area contributed by atoms with Gasteiger partial charge in [0, 0.05) is 25.3 Å². The number of hydrogen-bond donors (Lipinski definition) is 2. The standard InChI is InChI=1S/C16H24N4O2S.ClH/c1-23(21,22)20-10-6-14(7-11-20)12-13-2-4-15(5-3-13)19-16-17-8-9-18-16;/h2-5,14H,6-12H2,1H3,(H2,17,18,19);1H. The van der Waals surface area contributed by atoms with Gasteiger partial charge < -0.3 is 10.6 Å². The molecule has 2 heterocycles. The van der Waals surface area contributed by atoms with Gasteiger partial charge in [-0.1, -0.05) is 12.1 Å². The summed E-state index contributed by atoms with van der Waals surface area (Å²) >= 11 is 0. The Morgan fingerprint density at radius 3 is 2.46 bits per heavy atom. The summed E-state index contributed by atoms with van der Waals surface area (Å²) in [5, 5.41) is 6.45. The van der Waals surface area contributed by atoms with Gasteiger partial charge in [-0.05, 0) is 42.9 Å². The zero-order valence-corrected chi connectivity index (χ0v) is 15.5. The lowest BCUT2D eigenvalue weighted by atomic mass is 9.91. The zero-order chi connectivity index (χ0) is 16.3. The Bertz CT molecular complexity index is 668. The lowest BCUT2D eigenvalue weighted by Gasteiger charge is -2.30. The molecule has 0 aliphatic carbocycles. The number of guanidine groups is 1. The fraction of sp³-hybridized carbons (Fsp3) is 0.562. The van der Waals surface area contributed by atoms with Gasteiger partial charge in [0.15, 0.2) is 5.96 Å². The molecule has 0 saturated carbocycles. The lowest BCUT2D eigenvalue weighted by molar-refractivity contribution is 0.274. The maximum Gasteiger partial charge on any atom is 0.211 e. The minimum absolute atomic E-state index is 0. The van der Waals surface area contributed by atoms with E-state index < -0.39 is 10.0 Å². The van der Waals surface area contributed by atoms with Crippen molar-refractivity contribution in [1.82, 2.24) is 9.62 Å². The highest BCUT2D eigenvalue weighted by atomic mass is 35.5. The van der Waals surface area contributed by atoms with Crippen molar-refractivity contribution in [3.8, 4) is 0 Å². The zero-order valence-electron chi connectivity index (χ0n) is 13.9. The lowest BCUT2D eigenvalue weighted by Crippen LogP contribution is -2.38. The highest BCUT2D eigenvalue weighted by Gasteiger charge is 2.24. The van der Waals surface area contributed by atoms with Crippen molar-refractivity contribution >= 4 is 34.1 Å². The van der Waals surface area contributed by atoms with E-state index in [4.69, 9.17) is 0 Å². The van der Waals surface area contributed by atoms with Crippen molar-refractivity contribution in [2.75, 3.05) is 37.8 Å². The monoisotopic (exact) mass is 372 g/mol. The van der Waals surface area contributed by atoms with Crippen molar-refractivity contribution < 1.29 is 8.42 Å². The van der Waals surface area contributed by atoms with Crippen LogP contribution in [0.5, 0.6) is 0 Å². The second-order valence-corrected chi connectivity index (χ2v) is 8.27. The predicted octanol–water partition coefficient (Wildman–Crippen LogP) is 1.69. The van der Waals surface area contributed by atoms with Crippen LogP contribution >= 0.6 is 12.4 Å². The Kier molecular flexibility index (Phi) is 6.48. The van der Waals surface area contributed by atoms with Crippen molar-refractivity contribution in [1.29, 1.82) is 0 Å². The van der Waals surface area contributed by atoms with Crippen molar-refractivity contribution in [2.45, 2.75) is 19.3 Å². The fourth-order valence-corrected chi connectivity index (χ4v) is 3.99. The van der Waals surface area contributed by atoms with E-state index >= 15 is 0 Å². The number of piperidine rings is 1. The summed E-state index contributed by atoms with van der Waals surface area (Å²) in [5.41, 5.74) is 2.34. The van der Waals surface area contributed by atoms with Gasteiger partial charge in [-0.25, -0.2) is 12.7 Å². The molecule has 8 heteroatoms. The molecule has 1 saturated heterocycles. The van der Waals surface area contributed by atoms with Crippen molar-refractivity contribution in [2.24, 2.45) is 10.9 Å². The second kappa shape index (κ2) is 8.18. The average molecular weight is 373 g/mol. The number of halogens is 1. The van der Waals surface area contributed by atoms with Crippen LogP contribution in [-0.2, 0) is 16.4 Å². The number of benzene rings is 1. The predicted molar refractivity (Wildman–Crippen MR) is 100 cm³/mol. The first-order chi connectivity index (χ1) is 11.0. The van der Waals surface area contributed by atoms with Crippen LogP contribution in [0.25, 0.3) is 0 Å². The fourth-order valence-electron chi connectivity index (χ4n) is 3.12. The minimum Gasteiger partial charge on any atom is -0.354 e. The molecule has 3 rings (SSSR count). The molecule has 6 nitrogen and oxygen atoms in total. The largest absolute Gasteiger partial charge is 0.354 e. The molecule has 134 valence electrons. The molecular formula is C16H25ClN4O2S. The molecule has 0 bridgehead atoms. The first kappa shape index (κ1) is 19.0. The average Bonchev–Trinajstić information content (AvgIpc) is 3.02. The summed E-state index contributed by atoms with van der Waals surface area (Å²) in [5.74, 6) is 1.40. The third-order valence-corrected chi connectivity index (χ3v) is 5.76. The molecule has 2 aliphatic rings. The molecule has 0 amide bonds. The van der Waals surface area contributed by atoms with Crippen LogP contribution in [0.3, 0.4) is 0 Å². The van der Waals surface area contributed by atoms with Crippen LogP contribution < -0.4 is 10.6 Å². The summed E-state index contributed by atoms with van der Waals surface area (Å²) in [4.78, 5) is 4.31. The summed E-state index contributed by atoms with van der Waals surface area (Å²) < 4.78 is 24.7. The van der Waals surface area contributed by atoms with Gasteiger partial charge >= 0.3 is 0 Å². The molecule has 1 aromatic carbocycles. The molecule has 2 aliphatic heterocycles. The van der Waals surface area contributed by atoms with E-state index in [1.165, 1.54) is 11.8 Å². The highest BCUT2D eigenvalue weighted by Crippen LogP contribution is 2.23. The molecule has 0 aromatic heterocycles. The first-order valence-electron chi connectivity index (χ1n) is 8.10. The smallest absolute Gasteiger partial charge is 0.211 e. The van der Waals surface area contributed by atoms with E-state index in [9.17, 15) is 8.42 Å². The summed E-state index contributed by atoms with van der Waals surface area (Å²) in [7, 11) is -3.03. The number of aliphatic imine (C=N–C) groups is 1. The number of nitrogens with zero attached hydrogens (tertiary/aromatic N) is 2. The maximum atomic E-state index is 11.5. The third-order valence-electron chi connectivity index (χ3n) is 4.46. The molecule has 0 spiro atoms. The van der Waals surface area contributed by atoms with E-state index in [1.54, 1.807) is 4.31 Å². The van der Waals surface area contributed by atoms with E-state index in [0.29, 0.717) is 19.0 Å². The van der Waals surface area contributed by atoms with E-state index in [-0.39, 0.29) is 12.4 Å². The maximum absolute atomic E-state index is 11.5. The number of sulfonamides is 1.